The molecule has 0 aliphatic heterocycles. The lowest BCUT2D eigenvalue weighted by Crippen LogP contribution is -1.98. The van der Waals surface area contributed by atoms with E-state index < -0.39 is 11.9 Å². The van der Waals surface area contributed by atoms with Gasteiger partial charge < -0.3 is 5.11 Å². The molecule has 1 nitrogen and oxygen atoms in total. The fraction of sp³-hybridized carbons (Fsp3) is 0.0370. The quantitative estimate of drug-likeness (QED) is 0.393. The number of hydrogen-bond acceptors (Lipinski definition) is 1. The predicted octanol–water partition coefficient (Wildman–Crippen LogP) is 7.06. The summed E-state index contributed by atoms with van der Waals surface area (Å²) in [4.78, 5) is 0. The van der Waals surface area contributed by atoms with Crippen LogP contribution in [-0.4, -0.2) is 5.11 Å². The van der Waals surface area contributed by atoms with Gasteiger partial charge in [0.1, 0.15) is 11.9 Å². The van der Waals surface area contributed by atoms with Crippen molar-refractivity contribution in [2.75, 3.05) is 0 Å². The average molecular weight is 380 g/mol. The maximum absolute atomic E-state index is 14.6. The number of benzene rings is 4. The van der Waals surface area contributed by atoms with Crippen LogP contribution >= 0.6 is 0 Å². The van der Waals surface area contributed by atoms with Gasteiger partial charge in [-0.05, 0) is 39.5 Å². The number of hydrogen-bond donors (Lipinski definition) is 1. The van der Waals surface area contributed by atoms with E-state index in [0.717, 1.165) is 22.3 Å². The standard InChI is InChI=1S/C27H21FO/c28-26(19-20-11-13-23(14-12-20)21-7-3-1-4-8-21)27(29)25-17-15-24(16-18-25)22-9-5-2-6-10-22/h1-19,27,29H/b26-19+. The third-order valence-corrected chi connectivity index (χ3v) is 4.92. The van der Waals surface area contributed by atoms with Gasteiger partial charge in [0, 0.05) is 0 Å². The summed E-state index contributed by atoms with van der Waals surface area (Å²) < 4.78 is 14.6. The lowest BCUT2D eigenvalue weighted by Gasteiger charge is -2.10. The highest BCUT2D eigenvalue weighted by atomic mass is 19.1. The zero-order valence-corrected chi connectivity index (χ0v) is 15.9. The Balaban J connectivity index is 1.50. The van der Waals surface area contributed by atoms with Gasteiger partial charge in [-0.3, -0.25) is 0 Å². The highest BCUT2D eigenvalue weighted by molar-refractivity contribution is 5.66. The molecule has 4 rings (SSSR count). The molecule has 0 bridgehead atoms. The fourth-order valence-electron chi connectivity index (χ4n) is 3.29. The SMILES string of the molecule is OC(/C(F)=C\c1ccc(-c2ccccc2)cc1)c1ccc(-c2ccccc2)cc1. The summed E-state index contributed by atoms with van der Waals surface area (Å²) in [6.07, 6.45) is 0.0958. The van der Waals surface area contributed by atoms with Crippen LogP contribution in [0, 0.1) is 0 Å². The van der Waals surface area contributed by atoms with Crippen LogP contribution in [0.5, 0.6) is 0 Å². The molecule has 2 heteroatoms. The summed E-state index contributed by atoms with van der Waals surface area (Å²) in [7, 11) is 0. The van der Waals surface area contributed by atoms with Crippen molar-refractivity contribution in [3.63, 3.8) is 0 Å². The lowest BCUT2D eigenvalue weighted by molar-refractivity contribution is 0.188. The zero-order chi connectivity index (χ0) is 20.1. The van der Waals surface area contributed by atoms with Crippen molar-refractivity contribution in [3.8, 4) is 22.3 Å². The van der Waals surface area contributed by atoms with Gasteiger partial charge in [-0.1, -0.05) is 109 Å². The monoisotopic (exact) mass is 380 g/mol. The molecule has 0 heterocycles. The Kier molecular flexibility index (Phi) is 5.64. The Morgan fingerprint density at radius 3 is 1.48 bits per heavy atom. The minimum atomic E-state index is -1.28. The van der Waals surface area contributed by atoms with Gasteiger partial charge in [0.25, 0.3) is 0 Å². The molecule has 1 unspecified atom stereocenters. The molecule has 1 N–H and O–H groups in total. The Labute approximate surface area is 170 Å². The highest BCUT2D eigenvalue weighted by Gasteiger charge is 2.13. The van der Waals surface area contributed by atoms with Gasteiger partial charge >= 0.3 is 0 Å². The molecule has 0 aliphatic carbocycles. The predicted molar refractivity (Wildman–Crippen MR) is 118 cm³/mol. The maximum atomic E-state index is 14.6. The third-order valence-electron chi connectivity index (χ3n) is 4.92. The van der Waals surface area contributed by atoms with Gasteiger partial charge in [0.05, 0.1) is 0 Å². The Morgan fingerprint density at radius 2 is 1.00 bits per heavy atom. The van der Waals surface area contributed by atoms with Gasteiger partial charge in [-0.15, -0.1) is 0 Å². The summed E-state index contributed by atoms with van der Waals surface area (Å²) >= 11 is 0. The second-order valence-corrected chi connectivity index (χ2v) is 6.91. The van der Waals surface area contributed by atoms with Gasteiger partial charge in [-0.2, -0.15) is 0 Å². The maximum Gasteiger partial charge on any atom is 0.134 e. The molecule has 0 saturated heterocycles. The Bertz CT molecular complexity index is 1080. The van der Waals surface area contributed by atoms with Gasteiger partial charge in [-0.25, -0.2) is 4.39 Å². The van der Waals surface area contributed by atoms with E-state index in [9.17, 15) is 9.50 Å². The molecule has 0 spiro atoms. The summed E-state index contributed by atoms with van der Waals surface area (Å²) in [5.74, 6) is -0.579. The summed E-state index contributed by atoms with van der Waals surface area (Å²) in [5.41, 5.74) is 5.54. The molecular formula is C27H21FO. The van der Waals surface area contributed by atoms with Crippen LogP contribution in [0.15, 0.2) is 115 Å². The number of aliphatic hydroxyl groups is 1. The van der Waals surface area contributed by atoms with E-state index in [2.05, 4.69) is 0 Å². The normalized spacial score (nSPS) is 12.6. The molecule has 0 aliphatic rings. The van der Waals surface area contributed by atoms with Crippen molar-refractivity contribution in [1.29, 1.82) is 0 Å². The van der Waals surface area contributed by atoms with E-state index in [1.165, 1.54) is 6.08 Å². The van der Waals surface area contributed by atoms with Crippen molar-refractivity contribution < 1.29 is 9.50 Å². The van der Waals surface area contributed by atoms with E-state index in [4.69, 9.17) is 0 Å². The Morgan fingerprint density at radius 1 is 0.586 bits per heavy atom. The van der Waals surface area contributed by atoms with Crippen molar-refractivity contribution in [2.45, 2.75) is 6.10 Å². The van der Waals surface area contributed by atoms with Crippen molar-refractivity contribution in [1.82, 2.24) is 0 Å². The van der Waals surface area contributed by atoms with Crippen molar-refractivity contribution in [3.05, 3.63) is 126 Å². The number of aliphatic hydroxyl groups excluding tert-OH is 1. The molecule has 4 aromatic rings. The molecule has 0 amide bonds. The van der Waals surface area contributed by atoms with E-state index in [1.54, 1.807) is 12.1 Å². The summed E-state index contributed by atoms with van der Waals surface area (Å²) in [5, 5.41) is 10.4. The first kappa shape index (κ1) is 18.9. The molecule has 0 saturated carbocycles. The van der Waals surface area contributed by atoms with E-state index in [-0.39, 0.29) is 0 Å². The van der Waals surface area contributed by atoms with Crippen LogP contribution < -0.4 is 0 Å². The van der Waals surface area contributed by atoms with Crippen LogP contribution in [0.1, 0.15) is 17.2 Å². The molecule has 142 valence electrons. The fourth-order valence-corrected chi connectivity index (χ4v) is 3.29. The van der Waals surface area contributed by atoms with E-state index in [0.29, 0.717) is 11.1 Å². The molecule has 29 heavy (non-hydrogen) atoms. The largest absolute Gasteiger partial charge is 0.381 e. The minimum absolute atomic E-state index is 0.527. The first-order valence-electron chi connectivity index (χ1n) is 9.57. The zero-order valence-electron chi connectivity index (χ0n) is 15.9. The molecule has 0 fully saturated rings. The van der Waals surface area contributed by atoms with Crippen LogP contribution in [-0.2, 0) is 0 Å². The van der Waals surface area contributed by atoms with E-state index in [1.807, 2.05) is 97.1 Å². The minimum Gasteiger partial charge on any atom is -0.381 e. The smallest absolute Gasteiger partial charge is 0.134 e. The summed E-state index contributed by atoms with van der Waals surface area (Å²) in [6, 6.07) is 34.9. The summed E-state index contributed by atoms with van der Waals surface area (Å²) in [6.45, 7) is 0. The van der Waals surface area contributed by atoms with Crippen LogP contribution in [0.25, 0.3) is 28.3 Å². The molecule has 0 aromatic heterocycles. The molecular weight excluding hydrogens is 359 g/mol. The van der Waals surface area contributed by atoms with Gasteiger partial charge in [0.2, 0.25) is 0 Å². The van der Waals surface area contributed by atoms with Crippen LogP contribution in [0.3, 0.4) is 0 Å². The highest BCUT2D eigenvalue weighted by Crippen LogP contribution is 2.28. The Hall–Kier alpha value is -3.49. The molecule has 4 aromatic carbocycles. The first-order chi connectivity index (χ1) is 14.2. The lowest BCUT2D eigenvalue weighted by atomic mass is 10.0. The van der Waals surface area contributed by atoms with Crippen LogP contribution in [0.2, 0.25) is 0 Å². The van der Waals surface area contributed by atoms with Crippen molar-refractivity contribution >= 4 is 6.08 Å². The van der Waals surface area contributed by atoms with Crippen molar-refractivity contribution in [2.24, 2.45) is 0 Å². The second kappa shape index (κ2) is 8.68. The molecule has 1 atom stereocenters. The molecule has 0 radical (unpaired) electrons. The number of rotatable bonds is 5. The average Bonchev–Trinajstić information content (AvgIpc) is 2.80. The van der Waals surface area contributed by atoms with Crippen LogP contribution in [0.4, 0.5) is 4.39 Å². The van der Waals surface area contributed by atoms with Gasteiger partial charge in [0.15, 0.2) is 0 Å². The number of halogens is 1. The first-order valence-corrected chi connectivity index (χ1v) is 9.57. The third kappa shape index (κ3) is 4.50. The van der Waals surface area contributed by atoms with E-state index >= 15 is 0 Å². The second-order valence-electron chi connectivity index (χ2n) is 6.91. The topological polar surface area (TPSA) is 20.2 Å².